The number of anilines is 2. The van der Waals surface area contributed by atoms with Crippen molar-refractivity contribution in [3.05, 3.63) is 24.0 Å². The molecule has 0 aromatic heterocycles. The average Bonchev–Trinajstić information content (AvgIpc) is 2.58. The fraction of sp³-hybridized carbons (Fsp3) is 0.588. The molecule has 1 heterocycles. The molecule has 28 heavy (non-hydrogen) atoms. The van der Waals surface area contributed by atoms with Crippen molar-refractivity contribution in [2.75, 3.05) is 50.5 Å². The van der Waals surface area contributed by atoms with Gasteiger partial charge >= 0.3 is 6.03 Å². The van der Waals surface area contributed by atoms with Gasteiger partial charge in [0.15, 0.2) is 0 Å². The number of nitrogens with zero attached hydrogens (tertiary/aromatic N) is 2. The van der Waals surface area contributed by atoms with Gasteiger partial charge in [-0.3, -0.25) is 0 Å². The number of carbonyl (C=O) groups excluding carboxylic acids is 1. The number of hydrogen-bond acceptors (Lipinski definition) is 5. The Labute approximate surface area is 165 Å². The fourth-order valence-electron chi connectivity index (χ4n) is 2.88. The summed E-state index contributed by atoms with van der Waals surface area (Å²) in [5.41, 5.74) is 0.771. The predicted molar refractivity (Wildman–Crippen MR) is 106 cm³/mol. The van der Waals surface area contributed by atoms with E-state index in [1.54, 1.807) is 12.1 Å². The molecule has 0 bridgehead atoms. The number of benzene rings is 1. The molecule has 3 N–H and O–H groups in total. The summed E-state index contributed by atoms with van der Waals surface area (Å²) in [6.07, 6.45) is 0.0216. The summed E-state index contributed by atoms with van der Waals surface area (Å²) in [6, 6.07) is 3.96. The molecule has 2 amide bonds. The molecule has 0 aliphatic carbocycles. The summed E-state index contributed by atoms with van der Waals surface area (Å²) in [7, 11) is -0.732. The van der Waals surface area contributed by atoms with Crippen LogP contribution in [0.4, 0.5) is 20.6 Å². The molecule has 0 radical (unpaired) electrons. The predicted octanol–water partition coefficient (Wildman–Crippen LogP) is 0.957. The van der Waals surface area contributed by atoms with Crippen molar-refractivity contribution < 1.29 is 22.3 Å². The first-order valence-electron chi connectivity index (χ1n) is 9.00. The van der Waals surface area contributed by atoms with E-state index < -0.39 is 22.1 Å². The van der Waals surface area contributed by atoms with Gasteiger partial charge in [-0.15, -0.1) is 0 Å². The highest BCUT2D eigenvalue weighted by atomic mass is 32.2. The largest absolute Gasteiger partial charge is 0.372 e. The minimum Gasteiger partial charge on any atom is -0.372 e. The molecule has 2 rings (SSSR count). The van der Waals surface area contributed by atoms with Gasteiger partial charge in [0.25, 0.3) is 10.2 Å². The molecule has 1 aromatic carbocycles. The van der Waals surface area contributed by atoms with E-state index in [0.717, 1.165) is 4.31 Å². The lowest BCUT2D eigenvalue weighted by Crippen LogP contribution is -2.45. The van der Waals surface area contributed by atoms with E-state index in [1.807, 2.05) is 18.7 Å². The third-order valence-electron chi connectivity index (χ3n) is 4.14. The van der Waals surface area contributed by atoms with Crippen LogP contribution in [0.1, 0.15) is 13.8 Å². The normalized spacial score (nSPS) is 20.3. The molecule has 0 saturated carbocycles. The van der Waals surface area contributed by atoms with Crippen LogP contribution in [-0.4, -0.2) is 71.2 Å². The van der Waals surface area contributed by atoms with Gasteiger partial charge < -0.3 is 20.3 Å². The molecule has 158 valence electrons. The standard InChI is InChI=1S/C17H28FN5O4S/c1-12-10-23(11-13(2)27-12)16-6-5-14(9-15(16)18)21-17(24)19-7-8-20-28(25,26)22(3)4/h5-6,9,12-13,20H,7-8,10-11H2,1-4H3,(H2,19,21,24). The Bertz CT molecular complexity index is 780. The highest BCUT2D eigenvalue weighted by Crippen LogP contribution is 2.26. The van der Waals surface area contributed by atoms with E-state index in [0.29, 0.717) is 24.5 Å². The van der Waals surface area contributed by atoms with Gasteiger partial charge in [-0.2, -0.15) is 12.7 Å². The van der Waals surface area contributed by atoms with Crippen LogP contribution >= 0.6 is 0 Å². The Kier molecular flexibility index (Phi) is 7.58. The van der Waals surface area contributed by atoms with Gasteiger partial charge in [-0.05, 0) is 32.0 Å². The fourth-order valence-corrected chi connectivity index (χ4v) is 3.49. The second-order valence-corrected chi connectivity index (χ2v) is 8.86. The zero-order valence-electron chi connectivity index (χ0n) is 16.5. The van der Waals surface area contributed by atoms with Crippen LogP contribution in [0.25, 0.3) is 0 Å². The molecular weight excluding hydrogens is 389 g/mol. The number of morpholine rings is 1. The number of carbonyl (C=O) groups is 1. The number of ether oxygens (including phenoxy) is 1. The summed E-state index contributed by atoms with van der Waals surface area (Å²) in [6.45, 7) is 5.20. The van der Waals surface area contributed by atoms with Crippen molar-refractivity contribution >= 4 is 27.6 Å². The van der Waals surface area contributed by atoms with E-state index in [-0.39, 0.29) is 25.3 Å². The summed E-state index contributed by atoms with van der Waals surface area (Å²) in [5.74, 6) is -0.433. The molecule has 2 unspecified atom stereocenters. The molecule has 1 fully saturated rings. The number of amides is 2. The van der Waals surface area contributed by atoms with Crippen molar-refractivity contribution in [3.63, 3.8) is 0 Å². The molecule has 1 saturated heterocycles. The molecule has 1 aromatic rings. The molecule has 2 atom stereocenters. The molecule has 0 spiro atoms. The second kappa shape index (κ2) is 9.50. The van der Waals surface area contributed by atoms with E-state index >= 15 is 0 Å². The van der Waals surface area contributed by atoms with Crippen LogP contribution in [0.2, 0.25) is 0 Å². The first kappa shape index (κ1) is 22.3. The average molecular weight is 418 g/mol. The van der Waals surface area contributed by atoms with Crippen LogP contribution in [0, 0.1) is 5.82 Å². The Morgan fingerprint density at radius 1 is 1.25 bits per heavy atom. The van der Waals surface area contributed by atoms with Gasteiger partial charge in [0.05, 0.1) is 17.9 Å². The lowest BCUT2D eigenvalue weighted by Gasteiger charge is -2.37. The number of halogens is 1. The van der Waals surface area contributed by atoms with Crippen LogP contribution in [0.15, 0.2) is 18.2 Å². The Morgan fingerprint density at radius 3 is 2.46 bits per heavy atom. The zero-order valence-corrected chi connectivity index (χ0v) is 17.3. The van der Waals surface area contributed by atoms with Crippen LogP contribution < -0.4 is 20.3 Å². The number of nitrogens with one attached hydrogen (secondary N) is 3. The van der Waals surface area contributed by atoms with Crippen molar-refractivity contribution in [1.29, 1.82) is 0 Å². The molecule has 9 nitrogen and oxygen atoms in total. The maximum absolute atomic E-state index is 14.5. The minimum absolute atomic E-state index is 0.0108. The van der Waals surface area contributed by atoms with Gasteiger partial charge in [0, 0.05) is 46.0 Å². The maximum Gasteiger partial charge on any atom is 0.319 e. The molecular formula is C17H28FN5O4S. The lowest BCUT2D eigenvalue weighted by molar-refractivity contribution is -0.00539. The molecule has 1 aliphatic rings. The van der Waals surface area contributed by atoms with Crippen molar-refractivity contribution in [2.45, 2.75) is 26.1 Å². The first-order valence-corrected chi connectivity index (χ1v) is 10.4. The minimum atomic E-state index is -3.54. The first-order chi connectivity index (χ1) is 13.1. The summed E-state index contributed by atoms with van der Waals surface area (Å²) in [4.78, 5) is 13.8. The van der Waals surface area contributed by atoms with Crippen molar-refractivity contribution in [3.8, 4) is 0 Å². The second-order valence-electron chi connectivity index (χ2n) is 6.89. The quantitative estimate of drug-likeness (QED) is 0.574. The number of hydrogen-bond donors (Lipinski definition) is 3. The highest BCUT2D eigenvalue weighted by Gasteiger charge is 2.24. The van der Waals surface area contributed by atoms with Gasteiger partial charge in [0.1, 0.15) is 5.82 Å². The molecule has 11 heteroatoms. The Morgan fingerprint density at radius 2 is 1.89 bits per heavy atom. The number of urea groups is 1. The van der Waals surface area contributed by atoms with E-state index in [1.165, 1.54) is 20.2 Å². The topological polar surface area (TPSA) is 103 Å². The van der Waals surface area contributed by atoms with Crippen LogP contribution in [0.5, 0.6) is 0 Å². The molecule has 1 aliphatic heterocycles. The van der Waals surface area contributed by atoms with E-state index in [4.69, 9.17) is 4.74 Å². The summed E-state index contributed by atoms with van der Waals surface area (Å²) in [5, 5.41) is 5.04. The monoisotopic (exact) mass is 417 g/mol. The van der Waals surface area contributed by atoms with Gasteiger partial charge in [-0.1, -0.05) is 0 Å². The number of rotatable bonds is 7. The van der Waals surface area contributed by atoms with Gasteiger partial charge in [-0.25, -0.2) is 13.9 Å². The third kappa shape index (κ3) is 6.30. The third-order valence-corrected chi connectivity index (χ3v) is 5.67. The maximum atomic E-state index is 14.5. The lowest BCUT2D eigenvalue weighted by atomic mass is 10.2. The Balaban J connectivity index is 1.86. The highest BCUT2D eigenvalue weighted by molar-refractivity contribution is 7.87. The van der Waals surface area contributed by atoms with Crippen LogP contribution in [-0.2, 0) is 14.9 Å². The van der Waals surface area contributed by atoms with Gasteiger partial charge in [0.2, 0.25) is 0 Å². The van der Waals surface area contributed by atoms with E-state index in [9.17, 15) is 17.6 Å². The van der Waals surface area contributed by atoms with Crippen molar-refractivity contribution in [1.82, 2.24) is 14.3 Å². The van der Waals surface area contributed by atoms with Crippen molar-refractivity contribution in [2.24, 2.45) is 0 Å². The smallest absolute Gasteiger partial charge is 0.319 e. The Hall–Kier alpha value is -1.95. The zero-order chi connectivity index (χ0) is 20.9. The summed E-state index contributed by atoms with van der Waals surface area (Å²) >= 11 is 0. The summed E-state index contributed by atoms with van der Waals surface area (Å²) < 4.78 is 46.6. The SMILES string of the molecule is CC1CN(c2ccc(NC(=O)NCCNS(=O)(=O)N(C)C)cc2F)CC(C)O1. The van der Waals surface area contributed by atoms with E-state index in [2.05, 4.69) is 15.4 Å². The van der Waals surface area contributed by atoms with Crippen LogP contribution in [0.3, 0.4) is 0 Å².